The van der Waals surface area contributed by atoms with Crippen LogP contribution in [0.2, 0.25) is 0 Å². The van der Waals surface area contributed by atoms with Gasteiger partial charge >= 0.3 is 0 Å². The Morgan fingerprint density at radius 2 is 2.35 bits per heavy atom. The third kappa shape index (κ3) is 3.33. The van der Waals surface area contributed by atoms with E-state index in [4.69, 9.17) is 15.4 Å². The normalized spacial score (nSPS) is 11.9. The second-order valence-electron chi connectivity index (χ2n) is 3.84. The Kier molecular flexibility index (Phi) is 4.73. The SMILES string of the molecule is CCN(CC(C)C#N)C(=O)c1ccc(CN)o1. The first-order valence-electron chi connectivity index (χ1n) is 5.60. The number of hydrogen-bond donors (Lipinski definition) is 1. The van der Waals surface area contributed by atoms with E-state index < -0.39 is 0 Å². The molecule has 0 saturated carbocycles. The molecule has 0 aliphatic heterocycles. The maximum absolute atomic E-state index is 12.0. The summed E-state index contributed by atoms with van der Waals surface area (Å²) < 4.78 is 5.29. The van der Waals surface area contributed by atoms with Crippen molar-refractivity contribution in [2.75, 3.05) is 13.1 Å². The molecule has 1 atom stereocenters. The third-order valence-corrected chi connectivity index (χ3v) is 2.46. The minimum absolute atomic E-state index is 0.192. The maximum Gasteiger partial charge on any atom is 0.289 e. The number of nitrogens with zero attached hydrogens (tertiary/aromatic N) is 2. The van der Waals surface area contributed by atoms with E-state index in [1.807, 2.05) is 6.92 Å². The van der Waals surface area contributed by atoms with Gasteiger partial charge in [-0.2, -0.15) is 5.26 Å². The van der Waals surface area contributed by atoms with Gasteiger partial charge in [0.25, 0.3) is 5.91 Å². The monoisotopic (exact) mass is 235 g/mol. The van der Waals surface area contributed by atoms with Crippen LogP contribution in [0.15, 0.2) is 16.5 Å². The van der Waals surface area contributed by atoms with Crippen molar-refractivity contribution in [1.82, 2.24) is 4.90 Å². The van der Waals surface area contributed by atoms with E-state index in [0.29, 0.717) is 18.8 Å². The molecule has 1 heterocycles. The molecular weight excluding hydrogens is 218 g/mol. The summed E-state index contributed by atoms with van der Waals surface area (Å²) in [4.78, 5) is 13.6. The van der Waals surface area contributed by atoms with Crippen LogP contribution in [0, 0.1) is 17.2 Å². The van der Waals surface area contributed by atoms with Crippen molar-refractivity contribution >= 4 is 5.91 Å². The second-order valence-corrected chi connectivity index (χ2v) is 3.84. The van der Waals surface area contributed by atoms with Crippen LogP contribution in [0.1, 0.15) is 30.2 Å². The van der Waals surface area contributed by atoms with Gasteiger partial charge in [0, 0.05) is 13.1 Å². The highest BCUT2D eigenvalue weighted by Gasteiger charge is 2.19. The molecule has 5 nitrogen and oxygen atoms in total. The van der Waals surface area contributed by atoms with Crippen LogP contribution in [0.25, 0.3) is 0 Å². The van der Waals surface area contributed by atoms with Crippen molar-refractivity contribution in [1.29, 1.82) is 5.26 Å². The van der Waals surface area contributed by atoms with Gasteiger partial charge in [-0.25, -0.2) is 0 Å². The molecule has 0 fully saturated rings. The maximum atomic E-state index is 12.0. The van der Waals surface area contributed by atoms with Crippen LogP contribution in [0.3, 0.4) is 0 Å². The Balaban J connectivity index is 2.75. The van der Waals surface area contributed by atoms with Gasteiger partial charge in [0.1, 0.15) is 5.76 Å². The fraction of sp³-hybridized carbons (Fsp3) is 0.500. The molecule has 1 aromatic rings. The fourth-order valence-corrected chi connectivity index (χ4v) is 1.49. The highest BCUT2D eigenvalue weighted by molar-refractivity contribution is 5.91. The van der Waals surface area contributed by atoms with Crippen molar-refractivity contribution in [3.8, 4) is 6.07 Å². The molecule has 1 rings (SSSR count). The van der Waals surface area contributed by atoms with Gasteiger partial charge in [-0.1, -0.05) is 0 Å². The average Bonchev–Trinajstić information content (AvgIpc) is 2.83. The van der Waals surface area contributed by atoms with E-state index in [0.717, 1.165) is 0 Å². The first kappa shape index (κ1) is 13.3. The molecule has 1 unspecified atom stereocenters. The highest BCUT2D eigenvalue weighted by Crippen LogP contribution is 2.11. The van der Waals surface area contributed by atoms with Gasteiger partial charge in [0.2, 0.25) is 0 Å². The Morgan fingerprint density at radius 1 is 1.65 bits per heavy atom. The van der Waals surface area contributed by atoms with Gasteiger partial charge in [-0.05, 0) is 26.0 Å². The van der Waals surface area contributed by atoms with Crippen LogP contribution in [-0.2, 0) is 6.54 Å². The van der Waals surface area contributed by atoms with Crippen LogP contribution in [0.4, 0.5) is 0 Å². The Morgan fingerprint density at radius 3 is 2.82 bits per heavy atom. The molecule has 2 N–H and O–H groups in total. The number of carbonyl (C=O) groups is 1. The first-order chi connectivity index (χ1) is 8.12. The topological polar surface area (TPSA) is 83.3 Å². The lowest BCUT2D eigenvalue weighted by molar-refractivity contribution is 0.0719. The summed E-state index contributed by atoms with van der Waals surface area (Å²) >= 11 is 0. The van der Waals surface area contributed by atoms with Crippen molar-refractivity contribution in [3.63, 3.8) is 0 Å². The smallest absolute Gasteiger partial charge is 0.289 e. The van der Waals surface area contributed by atoms with Crippen molar-refractivity contribution in [3.05, 3.63) is 23.7 Å². The molecule has 0 aliphatic carbocycles. The molecule has 0 spiro atoms. The van der Waals surface area contributed by atoms with E-state index in [1.165, 1.54) is 0 Å². The van der Waals surface area contributed by atoms with E-state index in [9.17, 15) is 4.79 Å². The first-order valence-corrected chi connectivity index (χ1v) is 5.60. The molecule has 0 radical (unpaired) electrons. The zero-order valence-corrected chi connectivity index (χ0v) is 10.1. The van der Waals surface area contributed by atoms with Crippen LogP contribution >= 0.6 is 0 Å². The Labute approximate surface area is 101 Å². The summed E-state index contributed by atoms with van der Waals surface area (Å²) in [6.45, 7) is 4.88. The lowest BCUT2D eigenvalue weighted by Crippen LogP contribution is -2.34. The highest BCUT2D eigenvalue weighted by atomic mass is 16.4. The number of carbonyl (C=O) groups excluding carboxylic acids is 1. The van der Waals surface area contributed by atoms with E-state index >= 15 is 0 Å². The van der Waals surface area contributed by atoms with Crippen LogP contribution < -0.4 is 5.73 Å². The molecule has 0 saturated heterocycles. The van der Waals surface area contributed by atoms with E-state index in [-0.39, 0.29) is 24.1 Å². The molecule has 0 aliphatic rings. The number of hydrogen-bond acceptors (Lipinski definition) is 4. The molecule has 92 valence electrons. The number of nitriles is 1. The molecule has 0 aromatic carbocycles. The van der Waals surface area contributed by atoms with Crippen LogP contribution in [-0.4, -0.2) is 23.9 Å². The Hall–Kier alpha value is -1.80. The minimum atomic E-state index is -0.200. The molecule has 1 amide bonds. The third-order valence-electron chi connectivity index (χ3n) is 2.46. The largest absolute Gasteiger partial charge is 0.455 e. The molecular formula is C12H17N3O2. The fourth-order valence-electron chi connectivity index (χ4n) is 1.49. The molecule has 17 heavy (non-hydrogen) atoms. The van der Waals surface area contributed by atoms with E-state index in [2.05, 4.69) is 6.07 Å². The van der Waals surface area contributed by atoms with Crippen LogP contribution in [0.5, 0.6) is 0 Å². The number of nitrogens with two attached hydrogens (primary N) is 1. The summed E-state index contributed by atoms with van der Waals surface area (Å²) in [6.07, 6.45) is 0. The van der Waals surface area contributed by atoms with Gasteiger partial charge in [-0.3, -0.25) is 4.79 Å². The zero-order valence-electron chi connectivity index (χ0n) is 10.1. The van der Waals surface area contributed by atoms with Crippen molar-refractivity contribution < 1.29 is 9.21 Å². The summed E-state index contributed by atoms with van der Waals surface area (Å²) in [5.74, 6) is 0.465. The van der Waals surface area contributed by atoms with Crippen molar-refractivity contribution in [2.45, 2.75) is 20.4 Å². The number of amides is 1. The average molecular weight is 235 g/mol. The molecule has 1 aromatic heterocycles. The van der Waals surface area contributed by atoms with E-state index in [1.54, 1.807) is 24.0 Å². The van der Waals surface area contributed by atoms with Gasteiger partial charge in [0.15, 0.2) is 5.76 Å². The summed E-state index contributed by atoms with van der Waals surface area (Å²) in [5.41, 5.74) is 5.41. The molecule has 0 bridgehead atoms. The lowest BCUT2D eigenvalue weighted by atomic mass is 10.2. The lowest BCUT2D eigenvalue weighted by Gasteiger charge is -2.20. The summed E-state index contributed by atoms with van der Waals surface area (Å²) in [7, 11) is 0. The molecule has 5 heteroatoms. The van der Waals surface area contributed by atoms with Gasteiger partial charge in [0.05, 0.1) is 18.5 Å². The van der Waals surface area contributed by atoms with Crippen molar-refractivity contribution in [2.24, 2.45) is 11.7 Å². The predicted molar refractivity (Wildman–Crippen MR) is 63.0 cm³/mol. The zero-order chi connectivity index (χ0) is 12.8. The number of rotatable bonds is 5. The standard InChI is InChI=1S/C12H17N3O2/c1-3-15(8-9(2)6-13)12(16)11-5-4-10(7-14)17-11/h4-5,9H,3,7-8,14H2,1-2H3. The second kappa shape index (κ2) is 6.06. The predicted octanol–water partition coefficient (Wildman–Crippen LogP) is 1.36. The van der Waals surface area contributed by atoms with Gasteiger partial charge < -0.3 is 15.1 Å². The Bertz CT molecular complexity index is 420. The summed E-state index contributed by atoms with van der Waals surface area (Å²) in [5, 5.41) is 8.75. The summed E-state index contributed by atoms with van der Waals surface area (Å²) in [6, 6.07) is 5.41. The quantitative estimate of drug-likeness (QED) is 0.835. The minimum Gasteiger partial charge on any atom is -0.455 e. The van der Waals surface area contributed by atoms with Gasteiger partial charge in [-0.15, -0.1) is 0 Å². The number of furan rings is 1.